The van der Waals surface area contributed by atoms with Gasteiger partial charge in [0.2, 0.25) is 0 Å². The number of ether oxygens (including phenoxy) is 2. The van der Waals surface area contributed by atoms with Gasteiger partial charge in [-0.3, -0.25) is 19.6 Å². The van der Waals surface area contributed by atoms with E-state index in [1.54, 1.807) is 0 Å². The molecule has 4 rings (SSSR count). The number of hydrogen-bond donors (Lipinski definition) is 2. The van der Waals surface area contributed by atoms with Gasteiger partial charge in [-0.15, -0.1) is 0 Å². The molecule has 1 amide bonds. The molecule has 38 heavy (non-hydrogen) atoms. The van der Waals surface area contributed by atoms with Crippen molar-refractivity contribution in [2.45, 2.75) is 19.6 Å². The molecule has 0 radical (unpaired) electrons. The number of amides is 1. The second-order valence-electron chi connectivity index (χ2n) is 8.66. The van der Waals surface area contributed by atoms with E-state index in [-0.39, 0.29) is 48.1 Å². The molecule has 3 aromatic rings. The highest BCUT2D eigenvalue weighted by molar-refractivity contribution is 6.12. The summed E-state index contributed by atoms with van der Waals surface area (Å²) in [5, 5.41) is 2.64. The van der Waals surface area contributed by atoms with Crippen LogP contribution in [0.2, 0.25) is 0 Å². The molecule has 198 valence electrons. The second kappa shape index (κ2) is 12.2. The minimum Gasteiger partial charge on any atom is -0.494 e. The highest BCUT2D eigenvalue weighted by Gasteiger charge is 2.26. The Balaban J connectivity index is 1.42. The standard InChI is InChI=1S/C27H27F2N5O4/c1-37-23-8-9-32-22(25(23)29)12-33-27(36)21(26(30)19-15-38-16-19)11-31-10-17-2-4-18(5-3-17)13-34-14-20(28)6-7-24(34)35/h2-9,11,14,19H,10,12-13,15-16,30H2,1H3,(H,33,36). The van der Waals surface area contributed by atoms with Gasteiger partial charge in [-0.05, 0) is 17.2 Å². The predicted octanol–water partition coefficient (Wildman–Crippen LogP) is 2.32. The lowest BCUT2D eigenvalue weighted by Gasteiger charge is -2.27. The molecular formula is C27H27F2N5O4. The Kier molecular flexibility index (Phi) is 8.59. The Hall–Kier alpha value is -4.38. The molecule has 1 fully saturated rings. The topological polar surface area (TPSA) is 121 Å². The third-order valence-corrected chi connectivity index (χ3v) is 6.01. The quantitative estimate of drug-likeness (QED) is 0.311. The summed E-state index contributed by atoms with van der Waals surface area (Å²) in [4.78, 5) is 33.2. The molecule has 0 atom stereocenters. The summed E-state index contributed by atoms with van der Waals surface area (Å²) in [6.45, 7) is 1.13. The van der Waals surface area contributed by atoms with Gasteiger partial charge in [0.1, 0.15) is 5.82 Å². The Morgan fingerprint density at radius 1 is 1.21 bits per heavy atom. The minimum atomic E-state index is -0.652. The second-order valence-corrected chi connectivity index (χ2v) is 8.66. The summed E-state index contributed by atoms with van der Waals surface area (Å²) < 4.78 is 39.3. The first-order valence-electron chi connectivity index (χ1n) is 11.8. The number of nitrogens with zero attached hydrogens (tertiary/aromatic N) is 3. The lowest BCUT2D eigenvalue weighted by atomic mass is 9.99. The van der Waals surface area contributed by atoms with E-state index in [1.807, 2.05) is 24.3 Å². The largest absolute Gasteiger partial charge is 0.494 e. The molecule has 1 saturated heterocycles. The normalized spacial score (nSPS) is 14.2. The highest BCUT2D eigenvalue weighted by atomic mass is 19.1. The summed E-state index contributed by atoms with van der Waals surface area (Å²) in [6, 6.07) is 11.0. The molecule has 9 nitrogen and oxygen atoms in total. The number of nitrogens with one attached hydrogen (secondary N) is 1. The van der Waals surface area contributed by atoms with Crippen molar-refractivity contribution in [3.05, 3.63) is 105 Å². The molecule has 11 heteroatoms. The number of benzene rings is 1. The van der Waals surface area contributed by atoms with Crippen LogP contribution in [-0.4, -0.2) is 42.0 Å². The first-order chi connectivity index (χ1) is 18.4. The third kappa shape index (κ3) is 6.48. The molecule has 2 aromatic heterocycles. The van der Waals surface area contributed by atoms with E-state index in [9.17, 15) is 18.4 Å². The van der Waals surface area contributed by atoms with Gasteiger partial charge < -0.3 is 25.1 Å². The number of nitrogens with two attached hydrogens (primary N) is 1. The van der Waals surface area contributed by atoms with E-state index >= 15 is 0 Å². The molecular weight excluding hydrogens is 496 g/mol. The first-order valence-corrected chi connectivity index (χ1v) is 11.8. The summed E-state index contributed by atoms with van der Waals surface area (Å²) in [7, 11) is 1.35. The average molecular weight is 524 g/mol. The van der Waals surface area contributed by atoms with E-state index in [0.717, 1.165) is 23.4 Å². The lowest BCUT2D eigenvalue weighted by Crippen LogP contribution is -2.36. The van der Waals surface area contributed by atoms with Gasteiger partial charge in [-0.1, -0.05) is 24.3 Å². The van der Waals surface area contributed by atoms with Gasteiger partial charge in [0.25, 0.3) is 11.5 Å². The van der Waals surface area contributed by atoms with Crippen molar-refractivity contribution < 1.29 is 23.0 Å². The number of pyridine rings is 2. The summed E-state index contributed by atoms with van der Waals surface area (Å²) in [5.41, 5.74) is 8.16. The number of halogens is 2. The molecule has 3 N–H and O–H groups in total. The molecule has 1 aliphatic heterocycles. The van der Waals surface area contributed by atoms with Crippen molar-refractivity contribution >= 4 is 12.1 Å². The molecule has 0 aliphatic carbocycles. The monoisotopic (exact) mass is 523 g/mol. The van der Waals surface area contributed by atoms with Crippen molar-refractivity contribution in [3.63, 3.8) is 0 Å². The molecule has 0 saturated carbocycles. The Bertz CT molecular complexity index is 1420. The molecule has 0 bridgehead atoms. The maximum Gasteiger partial charge on any atom is 0.254 e. The van der Waals surface area contributed by atoms with Crippen LogP contribution in [0.1, 0.15) is 16.8 Å². The van der Waals surface area contributed by atoms with E-state index in [0.29, 0.717) is 18.9 Å². The SMILES string of the molecule is COc1ccnc(CNC(=O)C(C=NCc2ccc(Cn3cc(F)ccc3=O)cc2)=C(N)C2COC2)c1F. The number of hydrogen-bond acceptors (Lipinski definition) is 7. The van der Waals surface area contributed by atoms with E-state index in [4.69, 9.17) is 15.2 Å². The molecule has 1 aromatic carbocycles. The van der Waals surface area contributed by atoms with Crippen LogP contribution in [0.4, 0.5) is 8.78 Å². The number of rotatable bonds is 10. The lowest BCUT2D eigenvalue weighted by molar-refractivity contribution is -0.117. The third-order valence-electron chi connectivity index (χ3n) is 6.01. The van der Waals surface area contributed by atoms with Crippen LogP contribution in [0.15, 0.2) is 75.9 Å². The van der Waals surface area contributed by atoms with E-state index < -0.39 is 17.5 Å². The average Bonchev–Trinajstić information content (AvgIpc) is 2.88. The van der Waals surface area contributed by atoms with Gasteiger partial charge in [0, 0.05) is 42.4 Å². The summed E-state index contributed by atoms with van der Waals surface area (Å²) in [6.07, 6.45) is 3.96. The molecule has 0 spiro atoms. The number of carbonyl (C=O) groups excluding carboxylic acids is 1. The number of methoxy groups -OCH3 is 1. The first kappa shape index (κ1) is 26.7. The smallest absolute Gasteiger partial charge is 0.254 e. The predicted molar refractivity (Wildman–Crippen MR) is 137 cm³/mol. The van der Waals surface area contributed by atoms with Gasteiger partial charge in [-0.25, -0.2) is 8.78 Å². The van der Waals surface area contributed by atoms with Crippen molar-refractivity contribution in [1.82, 2.24) is 14.9 Å². The van der Waals surface area contributed by atoms with Crippen molar-refractivity contribution in [1.29, 1.82) is 0 Å². The van der Waals surface area contributed by atoms with Gasteiger partial charge in [-0.2, -0.15) is 0 Å². The van der Waals surface area contributed by atoms with Crippen LogP contribution < -0.4 is 21.3 Å². The van der Waals surface area contributed by atoms with Gasteiger partial charge in [0.05, 0.1) is 51.2 Å². The fourth-order valence-electron chi connectivity index (χ4n) is 3.72. The fourth-order valence-corrected chi connectivity index (χ4v) is 3.72. The van der Waals surface area contributed by atoms with Crippen LogP contribution in [-0.2, 0) is 29.2 Å². The maximum absolute atomic E-state index is 14.4. The fraction of sp³-hybridized carbons (Fsp3) is 0.259. The van der Waals surface area contributed by atoms with E-state index in [1.165, 1.54) is 36.2 Å². The van der Waals surface area contributed by atoms with Crippen LogP contribution in [0.5, 0.6) is 5.75 Å². The maximum atomic E-state index is 14.4. The van der Waals surface area contributed by atoms with Crippen LogP contribution in [0.3, 0.4) is 0 Å². The Labute approximate surface area is 217 Å². The zero-order valence-electron chi connectivity index (χ0n) is 20.7. The molecule has 0 unspecified atom stereocenters. The van der Waals surface area contributed by atoms with Crippen LogP contribution in [0, 0.1) is 17.6 Å². The zero-order chi connectivity index (χ0) is 27.1. The Morgan fingerprint density at radius 3 is 2.63 bits per heavy atom. The van der Waals surface area contributed by atoms with Crippen LogP contribution >= 0.6 is 0 Å². The van der Waals surface area contributed by atoms with Crippen molar-refractivity contribution in [2.24, 2.45) is 16.6 Å². The van der Waals surface area contributed by atoms with Gasteiger partial charge >= 0.3 is 0 Å². The minimum absolute atomic E-state index is 0.0279. The van der Waals surface area contributed by atoms with Crippen LogP contribution in [0.25, 0.3) is 0 Å². The zero-order valence-corrected chi connectivity index (χ0v) is 20.7. The summed E-state index contributed by atoms with van der Waals surface area (Å²) in [5.74, 6) is -1.74. The summed E-state index contributed by atoms with van der Waals surface area (Å²) >= 11 is 0. The Morgan fingerprint density at radius 2 is 1.95 bits per heavy atom. The molecule has 3 heterocycles. The molecule has 1 aliphatic rings. The van der Waals surface area contributed by atoms with Crippen molar-refractivity contribution in [3.8, 4) is 5.75 Å². The number of aromatic nitrogens is 2. The number of aliphatic imine (C=N–C) groups is 1. The number of carbonyl (C=O) groups is 1. The van der Waals surface area contributed by atoms with Crippen molar-refractivity contribution in [2.75, 3.05) is 20.3 Å². The van der Waals surface area contributed by atoms with E-state index in [2.05, 4.69) is 15.3 Å². The highest BCUT2D eigenvalue weighted by Crippen LogP contribution is 2.20. The van der Waals surface area contributed by atoms with Gasteiger partial charge in [0.15, 0.2) is 11.6 Å².